The maximum Gasteiger partial charge on any atom is 0.472 e. The van der Waals surface area contributed by atoms with Crippen LogP contribution in [0.2, 0.25) is 0 Å². The number of esters is 2. The minimum atomic E-state index is -4.41. The van der Waals surface area contributed by atoms with E-state index in [1.165, 1.54) is 128 Å². The number of ether oxygens (including phenoxy) is 2. The highest BCUT2D eigenvalue weighted by atomic mass is 31.2. The molecule has 0 rings (SSSR count). The topological polar surface area (TPSA) is 108 Å². The molecule has 0 aromatic rings. The number of carbonyl (C=O) groups excluding carboxylic acids is 2. The number of hydrogen-bond donors (Lipinski definition) is 1. The molecule has 0 amide bonds. The number of hydrogen-bond acceptors (Lipinski definition) is 7. The number of unbranched alkanes of at least 4 members (excludes halogenated alkanes) is 25. The van der Waals surface area contributed by atoms with Crippen LogP contribution < -0.4 is 0 Å². The monoisotopic (exact) mass is 1350 g/mol. The predicted octanol–water partition coefficient (Wildman–Crippen LogP) is 25.8. The van der Waals surface area contributed by atoms with E-state index in [4.69, 9.17) is 18.5 Å². The van der Waals surface area contributed by atoms with Gasteiger partial charge in [0.25, 0.3) is 0 Å². The van der Waals surface area contributed by atoms with Crippen LogP contribution in [0.5, 0.6) is 0 Å². The summed E-state index contributed by atoms with van der Waals surface area (Å²) in [6, 6.07) is 0. The molecular weight excluding hydrogens is 1210 g/mol. The van der Waals surface area contributed by atoms with Gasteiger partial charge in [-0.1, -0.05) is 331 Å². The van der Waals surface area contributed by atoms with E-state index in [1.807, 2.05) is 21.1 Å². The highest BCUT2D eigenvalue weighted by molar-refractivity contribution is 7.47. The highest BCUT2D eigenvalue weighted by Crippen LogP contribution is 2.43. The molecule has 0 aliphatic carbocycles. The van der Waals surface area contributed by atoms with E-state index in [9.17, 15) is 19.0 Å². The maximum atomic E-state index is 12.9. The van der Waals surface area contributed by atoms with E-state index in [1.54, 1.807) is 0 Å². The number of phosphoric acid groups is 1. The molecule has 10 heteroatoms. The molecule has 0 saturated carbocycles. The first-order chi connectivity index (χ1) is 47.0. The van der Waals surface area contributed by atoms with Gasteiger partial charge in [0, 0.05) is 12.8 Å². The van der Waals surface area contributed by atoms with Crippen molar-refractivity contribution in [1.82, 2.24) is 0 Å². The summed E-state index contributed by atoms with van der Waals surface area (Å²) in [6.07, 6.45) is 114. The van der Waals surface area contributed by atoms with E-state index < -0.39 is 26.5 Å². The van der Waals surface area contributed by atoms with Crippen LogP contribution in [0.25, 0.3) is 0 Å². The third-order valence-corrected chi connectivity index (χ3v) is 16.9. The van der Waals surface area contributed by atoms with Crippen LogP contribution in [0.4, 0.5) is 0 Å². The lowest BCUT2D eigenvalue weighted by Gasteiger charge is -2.24. The standard InChI is InChI=1S/C86H142NO8P/c1-6-8-10-12-14-16-18-20-22-24-26-28-30-32-34-36-38-39-40-41-42-43-44-45-46-47-49-51-53-55-57-59-61-63-65-67-69-71-73-75-77-79-86(89)95-84(83-94-96(90,91)93-81-80-87(3,4)5)82-92-85(88)78-76-74-72-70-68-66-64-62-60-58-56-54-52-50-48-37-35-33-31-29-27-25-23-21-19-17-15-13-11-9-7-2/h8-11,14-17,20-23,26-29,32-35,38-39,41-42,44-45,47-50,84H,6-7,12-13,18-19,24-25,30-31,36-37,40,43,46,51-83H2,1-5H3/p+1/b10-8-,11-9-,16-14-,17-15-,22-20-,23-21-,28-26-,29-27-,34-32-,35-33-,39-38-,42-41-,45-44-,49-47-,50-48-. The van der Waals surface area contributed by atoms with Gasteiger partial charge in [0.2, 0.25) is 0 Å². The minimum Gasteiger partial charge on any atom is -0.462 e. The Labute approximate surface area is 591 Å². The van der Waals surface area contributed by atoms with Crippen LogP contribution in [-0.4, -0.2) is 74.9 Å². The zero-order chi connectivity index (χ0) is 69.7. The van der Waals surface area contributed by atoms with Crippen LogP contribution in [0.15, 0.2) is 182 Å². The largest absolute Gasteiger partial charge is 0.472 e. The zero-order valence-electron chi connectivity index (χ0n) is 62.0. The molecule has 0 aromatic heterocycles. The molecule has 2 unspecified atom stereocenters. The van der Waals surface area contributed by atoms with Crippen molar-refractivity contribution in [1.29, 1.82) is 0 Å². The van der Waals surface area contributed by atoms with E-state index in [0.29, 0.717) is 17.4 Å². The summed E-state index contributed by atoms with van der Waals surface area (Å²) < 4.78 is 34.8. The fourth-order valence-corrected chi connectivity index (χ4v) is 10.9. The second-order valence-corrected chi connectivity index (χ2v) is 27.7. The second-order valence-electron chi connectivity index (χ2n) is 26.3. The highest BCUT2D eigenvalue weighted by Gasteiger charge is 2.27. The van der Waals surface area contributed by atoms with Crippen LogP contribution in [-0.2, 0) is 32.7 Å². The lowest BCUT2D eigenvalue weighted by atomic mass is 10.0. The quantitative estimate of drug-likeness (QED) is 0.0211. The summed E-state index contributed by atoms with van der Waals surface area (Å²) in [7, 11) is 1.46. The zero-order valence-corrected chi connectivity index (χ0v) is 62.9. The SMILES string of the molecule is CC/C=C\C/C=C\C/C=C\C/C=C\C/C=C\C/C=C\C/C=C\C/C=C\C/C=C\CCCCCCCCCCCCCCCC(=O)OC(COC(=O)CCCCCCCCCCCCCC/C=C\C/C=C\C/C=C\C/C=C\C/C=C\C/C=C\CC)COP(=O)(O)OCC[N+](C)(C)C. The molecule has 0 fully saturated rings. The number of allylic oxidation sites excluding steroid dienone is 30. The summed E-state index contributed by atoms with van der Waals surface area (Å²) in [6.45, 7) is 4.20. The predicted molar refractivity (Wildman–Crippen MR) is 417 cm³/mol. The summed E-state index contributed by atoms with van der Waals surface area (Å²) in [5, 5.41) is 0. The van der Waals surface area contributed by atoms with Crippen LogP contribution in [0, 0.1) is 0 Å². The van der Waals surface area contributed by atoms with E-state index in [-0.39, 0.29) is 32.0 Å². The van der Waals surface area contributed by atoms with Crippen molar-refractivity contribution in [2.24, 2.45) is 0 Å². The third-order valence-electron chi connectivity index (χ3n) is 15.9. The van der Waals surface area contributed by atoms with E-state index in [2.05, 4.69) is 196 Å². The molecule has 0 aliphatic heterocycles. The third kappa shape index (κ3) is 78.1. The fourth-order valence-electron chi connectivity index (χ4n) is 10.1. The van der Waals surface area contributed by atoms with Gasteiger partial charge in [-0.25, -0.2) is 4.57 Å². The minimum absolute atomic E-state index is 0.0238. The number of quaternary nitrogens is 1. The van der Waals surface area contributed by atoms with Crippen molar-refractivity contribution in [3.05, 3.63) is 182 Å². The lowest BCUT2D eigenvalue weighted by Crippen LogP contribution is -2.37. The Kier molecular flexibility index (Phi) is 70.5. The van der Waals surface area contributed by atoms with Crippen molar-refractivity contribution in [3.8, 4) is 0 Å². The molecular formula is C86H143NO8P+. The normalized spacial score (nSPS) is 14.1. The van der Waals surface area contributed by atoms with Crippen LogP contribution in [0.3, 0.4) is 0 Å². The second kappa shape index (κ2) is 74.3. The molecule has 0 saturated heterocycles. The van der Waals surface area contributed by atoms with Gasteiger partial charge in [-0.2, -0.15) is 0 Å². The summed E-state index contributed by atoms with van der Waals surface area (Å²) in [5.74, 6) is -0.805. The van der Waals surface area contributed by atoms with Crippen molar-refractivity contribution in [2.75, 3.05) is 47.5 Å². The van der Waals surface area contributed by atoms with Crippen molar-refractivity contribution >= 4 is 19.8 Å². The first kappa shape index (κ1) is 91.1. The van der Waals surface area contributed by atoms with Gasteiger partial charge in [0.05, 0.1) is 27.7 Å². The lowest BCUT2D eigenvalue weighted by molar-refractivity contribution is -0.870. The number of carbonyl (C=O) groups is 2. The number of likely N-dealkylation sites (N-methyl/N-ethyl adjacent to an activating group) is 1. The first-order valence-corrected chi connectivity index (χ1v) is 40.0. The first-order valence-electron chi connectivity index (χ1n) is 38.5. The summed E-state index contributed by atoms with van der Waals surface area (Å²) in [5.41, 5.74) is 0. The van der Waals surface area contributed by atoms with Gasteiger partial charge in [-0.05, 0) is 135 Å². The van der Waals surface area contributed by atoms with Crippen molar-refractivity contribution < 1.29 is 42.1 Å². The molecule has 0 radical (unpaired) electrons. The Morgan fingerprint density at radius 1 is 0.323 bits per heavy atom. The summed E-state index contributed by atoms with van der Waals surface area (Å²) >= 11 is 0. The molecule has 0 aliphatic rings. The molecule has 0 bridgehead atoms. The maximum absolute atomic E-state index is 12.9. The molecule has 2 atom stereocenters. The van der Waals surface area contributed by atoms with Crippen molar-refractivity contribution in [3.63, 3.8) is 0 Å². The average molecular weight is 1350 g/mol. The van der Waals surface area contributed by atoms with Gasteiger partial charge in [0.15, 0.2) is 6.10 Å². The smallest absolute Gasteiger partial charge is 0.462 e. The van der Waals surface area contributed by atoms with Gasteiger partial charge in [-0.3, -0.25) is 18.6 Å². The molecule has 96 heavy (non-hydrogen) atoms. The van der Waals surface area contributed by atoms with Crippen LogP contribution >= 0.6 is 7.82 Å². The Hall–Kier alpha value is -4.89. The Bertz CT molecular complexity index is 2280. The van der Waals surface area contributed by atoms with Crippen molar-refractivity contribution in [2.45, 2.75) is 302 Å². The van der Waals surface area contributed by atoms with Crippen LogP contribution in [0.1, 0.15) is 296 Å². The number of nitrogens with zero attached hydrogens (tertiary/aromatic N) is 1. The average Bonchev–Trinajstić information content (AvgIpc) is 2.54. The Morgan fingerprint density at radius 2 is 0.562 bits per heavy atom. The Morgan fingerprint density at radius 3 is 0.833 bits per heavy atom. The van der Waals surface area contributed by atoms with Gasteiger partial charge < -0.3 is 18.9 Å². The van der Waals surface area contributed by atoms with Gasteiger partial charge in [0.1, 0.15) is 19.8 Å². The van der Waals surface area contributed by atoms with E-state index in [0.717, 1.165) is 135 Å². The molecule has 0 aromatic carbocycles. The van der Waals surface area contributed by atoms with Gasteiger partial charge in [-0.15, -0.1) is 0 Å². The molecule has 0 heterocycles. The summed E-state index contributed by atoms with van der Waals surface area (Å²) in [4.78, 5) is 36.0. The molecule has 1 N–H and O–H groups in total. The Balaban J connectivity index is 4.06. The van der Waals surface area contributed by atoms with E-state index >= 15 is 0 Å². The fraction of sp³-hybridized carbons (Fsp3) is 0.628. The number of phosphoric ester groups is 1. The molecule has 9 nitrogen and oxygen atoms in total. The van der Waals surface area contributed by atoms with Gasteiger partial charge >= 0.3 is 19.8 Å². The molecule has 544 valence electrons. The molecule has 0 spiro atoms. The number of rotatable bonds is 69.